The Morgan fingerprint density at radius 3 is 2.68 bits per heavy atom. The van der Waals surface area contributed by atoms with E-state index in [1.165, 1.54) is 50.0 Å². The van der Waals surface area contributed by atoms with Crippen molar-refractivity contribution in [1.82, 2.24) is 4.90 Å². The Hall–Kier alpha value is 0.230. The lowest BCUT2D eigenvalue weighted by atomic mass is 9.84. The van der Waals surface area contributed by atoms with Crippen LogP contribution in [0.1, 0.15) is 38.5 Å². The van der Waals surface area contributed by atoms with Crippen molar-refractivity contribution in [1.29, 1.82) is 0 Å². The first-order valence-corrected chi connectivity index (χ1v) is 9.03. The molecule has 2 unspecified atom stereocenters. The largest absolute Gasteiger partial charge is 0.375 e. The lowest BCUT2D eigenvalue weighted by molar-refractivity contribution is -0.112. The molecule has 110 valence electrons. The van der Waals surface area contributed by atoms with Crippen molar-refractivity contribution in [3.63, 3.8) is 0 Å². The number of rotatable bonds is 4. The van der Waals surface area contributed by atoms with E-state index in [0.29, 0.717) is 12.1 Å². The van der Waals surface area contributed by atoms with Gasteiger partial charge in [-0.1, -0.05) is 0 Å². The molecule has 2 aliphatic heterocycles. The maximum Gasteiger partial charge on any atom is 0.0713 e. The smallest absolute Gasteiger partial charge is 0.0713 e. The van der Waals surface area contributed by atoms with Gasteiger partial charge in [-0.15, -0.1) is 0 Å². The Morgan fingerprint density at radius 1 is 1.32 bits per heavy atom. The van der Waals surface area contributed by atoms with E-state index in [9.17, 15) is 0 Å². The Kier molecular flexibility index (Phi) is 4.42. The summed E-state index contributed by atoms with van der Waals surface area (Å²) in [6, 6.07) is 1.30. The summed E-state index contributed by atoms with van der Waals surface area (Å²) in [4.78, 5) is 2.60. The molecule has 0 aromatic carbocycles. The predicted molar refractivity (Wildman–Crippen MR) is 81.6 cm³/mol. The maximum atomic E-state index is 6.21. The van der Waals surface area contributed by atoms with Crippen molar-refractivity contribution in [3.05, 3.63) is 0 Å². The summed E-state index contributed by atoms with van der Waals surface area (Å²) in [7, 11) is 2.30. The van der Waals surface area contributed by atoms with Gasteiger partial charge in [-0.05, 0) is 63.0 Å². The van der Waals surface area contributed by atoms with Gasteiger partial charge in [0, 0.05) is 25.2 Å². The van der Waals surface area contributed by atoms with Crippen LogP contribution in [-0.2, 0) is 4.74 Å². The Morgan fingerprint density at radius 2 is 2.05 bits per heavy atom. The van der Waals surface area contributed by atoms with Crippen LogP contribution in [-0.4, -0.2) is 54.3 Å². The first-order chi connectivity index (χ1) is 9.24. The molecule has 1 spiro atoms. The van der Waals surface area contributed by atoms with E-state index in [1.807, 2.05) is 0 Å². The van der Waals surface area contributed by atoms with Crippen LogP contribution in [0.5, 0.6) is 0 Å². The molecule has 0 aromatic rings. The SMILES string of the molecule is CN(C1CCOC2(CCSCC2)C1)C(CN)C1CC1. The van der Waals surface area contributed by atoms with Crippen LogP contribution in [0.2, 0.25) is 0 Å². The van der Waals surface area contributed by atoms with Crippen molar-refractivity contribution < 1.29 is 4.74 Å². The van der Waals surface area contributed by atoms with Crippen LogP contribution in [0.25, 0.3) is 0 Å². The van der Waals surface area contributed by atoms with E-state index in [2.05, 4.69) is 23.7 Å². The lowest BCUT2D eigenvalue weighted by Crippen LogP contribution is -2.53. The van der Waals surface area contributed by atoms with E-state index in [0.717, 1.165) is 19.1 Å². The minimum Gasteiger partial charge on any atom is -0.375 e. The van der Waals surface area contributed by atoms with Crippen LogP contribution in [0.15, 0.2) is 0 Å². The Labute approximate surface area is 121 Å². The van der Waals surface area contributed by atoms with Gasteiger partial charge >= 0.3 is 0 Å². The fourth-order valence-electron chi connectivity index (χ4n) is 3.88. The van der Waals surface area contributed by atoms with Crippen LogP contribution in [0.4, 0.5) is 0 Å². The van der Waals surface area contributed by atoms with Gasteiger partial charge in [0.25, 0.3) is 0 Å². The molecule has 0 aromatic heterocycles. The van der Waals surface area contributed by atoms with Crippen LogP contribution in [0.3, 0.4) is 0 Å². The summed E-state index contributed by atoms with van der Waals surface area (Å²) in [5.74, 6) is 3.43. The maximum absolute atomic E-state index is 6.21. The summed E-state index contributed by atoms with van der Waals surface area (Å²) in [5.41, 5.74) is 6.21. The van der Waals surface area contributed by atoms with Gasteiger partial charge < -0.3 is 10.5 Å². The molecule has 19 heavy (non-hydrogen) atoms. The Balaban J connectivity index is 1.63. The number of ether oxygens (including phenoxy) is 1. The second kappa shape index (κ2) is 5.92. The molecule has 4 heteroatoms. The molecule has 1 aliphatic carbocycles. The van der Waals surface area contributed by atoms with Gasteiger partial charge in [-0.3, -0.25) is 4.90 Å². The molecule has 0 bridgehead atoms. The van der Waals surface area contributed by atoms with E-state index < -0.39 is 0 Å². The van der Waals surface area contributed by atoms with E-state index >= 15 is 0 Å². The van der Waals surface area contributed by atoms with Gasteiger partial charge in [0.15, 0.2) is 0 Å². The van der Waals surface area contributed by atoms with Gasteiger partial charge in [0.2, 0.25) is 0 Å². The number of nitrogens with zero attached hydrogens (tertiary/aromatic N) is 1. The molecule has 2 atom stereocenters. The fourth-order valence-corrected chi connectivity index (χ4v) is 5.12. The zero-order chi connectivity index (χ0) is 13.3. The summed E-state index contributed by atoms with van der Waals surface area (Å²) in [6.45, 7) is 1.77. The molecular weight excluding hydrogens is 256 g/mol. The first-order valence-electron chi connectivity index (χ1n) is 7.88. The molecule has 2 N–H and O–H groups in total. The Bertz CT molecular complexity index is 297. The second-order valence-corrected chi connectivity index (χ2v) is 7.82. The second-order valence-electron chi connectivity index (χ2n) is 6.60. The number of hydrogen-bond donors (Lipinski definition) is 1. The number of hydrogen-bond acceptors (Lipinski definition) is 4. The lowest BCUT2D eigenvalue weighted by Gasteiger charge is -2.47. The quantitative estimate of drug-likeness (QED) is 0.858. The standard InChI is InChI=1S/C15H28N2OS/c1-17(14(11-16)12-2-3-12)13-4-7-18-15(10-13)5-8-19-9-6-15/h12-14H,2-11,16H2,1H3. The molecule has 1 saturated carbocycles. The molecule has 3 fully saturated rings. The molecular formula is C15H28N2OS. The number of likely N-dealkylation sites (N-methyl/N-ethyl adjacent to an activating group) is 1. The minimum atomic E-state index is 0.200. The third kappa shape index (κ3) is 3.12. The fraction of sp³-hybridized carbons (Fsp3) is 1.00. The van der Waals surface area contributed by atoms with Crippen LogP contribution < -0.4 is 5.73 Å². The highest BCUT2D eigenvalue weighted by Gasteiger charge is 2.42. The summed E-state index contributed by atoms with van der Waals surface area (Å²) >= 11 is 2.08. The summed E-state index contributed by atoms with van der Waals surface area (Å²) in [5, 5.41) is 0. The molecule has 3 rings (SSSR count). The molecule has 0 amide bonds. The normalized spacial score (nSPS) is 32.7. The monoisotopic (exact) mass is 284 g/mol. The predicted octanol–water partition coefficient (Wildman–Crippen LogP) is 2.10. The molecule has 3 nitrogen and oxygen atoms in total. The van der Waals surface area contributed by atoms with Crippen molar-refractivity contribution in [2.24, 2.45) is 11.7 Å². The van der Waals surface area contributed by atoms with Crippen molar-refractivity contribution >= 4 is 11.8 Å². The highest BCUT2D eigenvalue weighted by molar-refractivity contribution is 7.99. The third-order valence-corrected chi connectivity index (χ3v) is 6.36. The van der Waals surface area contributed by atoms with Crippen molar-refractivity contribution in [3.8, 4) is 0 Å². The highest BCUT2D eigenvalue weighted by Crippen LogP contribution is 2.41. The van der Waals surface area contributed by atoms with Crippen molar-refractivity contribution in [2.45, 2.75) is 56.2 Å². The number of thioether (sulfide) groups is 1. The summed E-state index contributed by atoms with van der Waals surface area (Å²) in [6.07, 6.45) is 7.69. The minimum absolute atomic E-state index is 0.200. The van der Waals surface area contributed by atoms with E-state index in [1.54, 1.807) is 0 Å². The number of nitrogens with two attached hydrogens (primary N) is 1. The third-order valence-electron chi connectivity index (χ3n) is 5.38. The molecule has 3 aliphatic rings. The molecule has 2 heterocycles. The summed E-state index contributed by atoms with van der Waals surface area (Å²) < 4.78 is 6.21. The molecule has 0 radical (unpaired) electrons. The van der Waals surface area contributed by atoms with Gasteiger partial charge in [-0.2, -0.15) is 11.8 Å². The van der Waals surface area contributed by atoms with Gasteiger partial charge in [0.05, 0.1) is 5.60 Å². The average Bonchev–Trinajstić information content (AvgIpc) is 3.25. The topological polar surface area (TPSA) is 38.5 Å². The van der Waals surface area contributed by atoms with Gasteiger partial charge in [0.1, 0.15) is 0 Å². The average molecular weight is 284 g/mol. The van der Waals surface area contributed by atoms with Gasteiger partial charge in [-0.25, -0.2) is 0 Å². The van der Waals surface area contributed by atoms with Crippen LogP contribution >= 0.6 is 11.8 Å². The zero-order valence-corrected chi connectivity index (χ0v) is 13.0. The van der Waals surface area contributed by atoms with Crippen LogP contribution in [0, 0.1) is 5.92 Å². The first kappa shape index (κ1) is 14.2. The zero-order valence-electron chi connectivity index (χ0n) is 12.1. The highest BCUT2D eigenvalue weighted by atomic mass is 32.2. The van der Waals surface area contributed by atoms with E-state index in [4.69, 9.17) is 10.5 Å². The van der Waals surface area contributed by atoms with Crippen molar-refractivity contribution in [2.75, 3.05) is 31.7 Å². The van der Waals surface area contributed by atoms with E-state index in [-0.39, 0.29) is 5.60 Å². The molecule has 2 saturated heterocycles.